The maximum absolute atomic E-state index is 12.9. The Labute approximate surface area is 197 Å². The van der Waals surface area contributed by atoms with Gasteiger partial charge in [0.2, 0.25) is 0 Å². The second-order valence-electron chi connectivity index (χ2n) is 7.07. The molecule has 8 nitrogen and oxygen atoms in total. The first kappa shape index (κ1) is 25.9. The number of methoxy groups -OCH3 is 1. The average molecular weight is 466 g/mol. The van der Waals surface area contributed by atoms with Crippen molar-refractivity contribution < 1.29 is 39.2 Å². The molecule has 0 spiro atoms. The Morgan fingerprint density at radius 3 is 2.24 bits per heavy atom. The van der Waals surface area contributed by atoms with Gasteiger partial charge in [-0.05, 0) is 60.9 Å². The van der Waals surface area contributed by atoms with Gasteiger partial charge in [-0.1, -0.05) is 24.3 Å². The lowest BCUT2D eigenvalue weighted by atomic mass is 10.0. The molecule has 0 unspecified atom stereocenters. The highest BCUT2D eigenvalue weighted by Gasteiger charge is 2.15. The number of ketones is 1. The molecule has 0 bridgehead atoms. The number of rotatable bonds is 11. The van der Waals surface area contributed by atoms with Gasteiger partial charge >= 0.3 is 5.97 Å². The van der Waals surface area contributed by atoms with E-state index in [0.717, 1.165) is 0 Å². The summed E-state index contributed by atoms with van der Waals surface area (Å²) in [5, 5.41) is 29.9. The van der Waals surface area contributed by atoms with Crippen molar-refractivity contribution in [2.24, 2.45) is 0 Å². The Morgan fingerprint density at radius 2 is 1.59 bits per heavy atom. The molecule has 3 N–H and O–H groups in total. The number of aliphatic hydroxyl groups is 1. The highest BCUT2D eigenvalue weighted by Crippen LogP contribution is 2.27. The van der Waals surface area contributed by atoms with Gasteiger partial charge in [-0.2, -0.15) is 0 Å². The minimum atomic E-state index is -0.530. The Bertz CT molecular complexity index is 1140. The van der Waals surface area contributed by atoms with Crippen LogP contribution in [0, 0.1) is 0 Å². The monoisotopic (exact) mass is 466 g/mol. The molecule has 2 rings (SSSR count). The van der Waals surface area contributed by atoms with E-state index in [0.29, 0.717) is 17.4 Å². The van der Waals surface area contributed by atoms with Crippen molar-refractivity contribution in [3.63, 3.8) is 0 Å². The molecule has 0 aliphatic carbocycles. The molecule has 0 atom stereocenters. The van der Waals surface area contributed by atoms with Crippen LogP contribution in [0.3, 0.4) is 0 Å². The van der Waals surface area contributed by atoms with Crippen LogP contribution in [0.2, 0.25) is 0 Å². The van der Waals surface area contributed by atoms with Gasteiger partial charge in [0.15, 0.2) is 23.6 Å². The largest absolute Gasteiger partial charge is 0.508 e. The molecule has 34 heavy (non-hydrogen) atoms. The normalized spacial score (nSPS) is 11.9. The number of ether oxygens (including phenoxy) is 2. The summed E-state index contributed by atoms with van der Waals surface area (Å²) in [5.74, 6) is -1.38. The van der Waals surface area contributed by atoms with Crippen LogP contribution in [-0.2, 0) is 14.3 Å². The highest BCUT2D eigenvalue weighted by molar-refractivity contribution is 6.07. The third-order valence-corrected chi connectivity index (χ3v) is 4.73. The number of phenolic OH excluding ortho intramolecular Hbond substituents is 2. The van der Waals surface area contributed by atoms with Gasteiger partial charge in [-0.15, -0.1) is 0 Å². The van der Waals surface area contributed by atoms with E-state index in [1.165, 1.54) is 61.7 Å². The topological polar surface area (TPSA) is 130 Å². The zero-order chi connectivity index (χ0) is 25.1. The van der Waals surface area contributed by atoms with Crippen LogP contribution in [0.5, 0.6) is 17.2 Å². The number of carbonyl (C=O) groups excluding carboxylic acids is 3. The number of hydrogen-bond donors (Lipinski definition) is 3. The lowest BCUT2D eigenvalue weighted by Crippen LogP contribution is -2.08. The van der Waals surface area contributed by atoms with E-state index in [9.17, 15) is 29.7 Å². The molecule has 0 aliphatic rings. The number of benzene rings is 2. The third kappa shape index (κ3) is 7.37. The van der Waals surface area contributed by atoms with E-state index in [1.54, 1.807) is 13.0 Å². The van der Waals surface area contributed by atoms with Crippen molar-refractivity contribution >= 4 is 30.2 Å². The van der Waals surface area contributed by atoms with Crippen molar-refractivity contribution in [3.05, 3.63) is 76.6 Å². The van der Waals surface area contributed by atoms with Gasteiger partial charge in [0.1, 0.15) is 11.5 Å². The summed E-state index contributed by atoms with van der Waals surface area (Å²) < 4.78 is 9.95. The average Bonchev–Trinajstić information content (AvgIpc) is 2.83. The number of carbonyl (C=O) groups is 3. The van der Waals surface area contributed by atoms with Crippen LogP contribution < -0.4 is 4.74 Å². The minimum absolute atomic E-state index is 0.0133. The molecule has 0 aliphatic heterocycles. The molecule has 0 aromatic heterocycles. The standard InChI is InChI=1S/C26H26O8/c1-3-34-26(32)13-8-20(22(29)10-5-17-4-9-21(28)19(14-17)16-27)23(30)11-6-18-7-12-24(31)25(15-18)33-2/h4-7,9-12,14-16,28-29,31H,3,8,13H2,1-2H3/b10-5+,11-6+,22-20?. The summed E-state index contributed by atoms with van der Waals surface area (Å²) in [6.07, 6.45) is 5.79. The molecular weight excluding hydrogens is 440 g/mol. The van der Waals surface area contributed by atoms with Crippen molar-refractivity contribution in [1.29, 1.82) is 0 Å². The zero-order valence-electron chi connectivity index (χ0n) is 18.9. The number of allylic oxidation sites excluding steroid dienone is 3. The molecule has 0 amide bonds. The summed E-state index contributed by atoms with van der Waals surface area (Å²) in [5.41, 5.74) is 1.15. The molecule has 0 heterocycles. The van der Waals surface area contributed by atoms with Gasteiger partial charge in [0, 0.05) is 12.0 Å². The van der Waals surface area contributed by atoms with Crippen LogP contribution in [0.4, 0.5) is 0 Å². The lowest BCUT2D eigenvalue weighted by molar-refractivity contribution is -0.143. The van der Waals surface area contributed by atoms with Crippen molar-refractivity contribution in [3.8, 4) is 17.2 Å². The SMILES string of the molecule is CCOC(=O)CCC(C(=O)/C=C/c1ccc(O)c(OC)c1)=C(O)/C=C/c1ccc(O)c(C=O)c1. The lowest BCUT2D eigenvalue weighted by Gasteiger charge is -2.07. The summed E-state index contributed by atoms with van der Waals surface area (Å²) >= 11 is 0. The molecule has 0 radical (unpaired) electrons. The number of aldehydes is 1. The number of aromatic hydroxyl groups is 2. The predicted molar refractivity (Wildman–Crippen MR) is 127 cm³/mol. The van der Waals surface area contributed by atoms with Crippen LogP contribution in [0.25, 0.3) is 12.2 Å². The quantitative estimate of drug-likeness (QED) is 0.146. The van der Waals surface area contributed by atoms with Crippen molar-refractivity contribution in [2.75, 3.05) is 13.7 Å². The molecule has 0 saturated heterocycles. The fourth-order valence-electron chi connectivity index (χ4n) is 2.95. The first-order valence-corrected chi connectivity index (χ1v) is 10.4. The molecule has 0 saturated carbocycles. The van der Waals surface area contributed by atoms with E-state index in [2.05, 4.69) is 0 Å². The third-order valence-electron chi connectivity index (χ3n) is 4.73. The summed E-state index contributed by atoms with van der Waals surface area (Å²) in [6, 6.07) is 8.83. The first-order chi connectivity index (χ1) is 16.3. The number of aliphatic hydroxyl groups excluding tert-OH is 1. The molecule has 2 aromatic rings. The van der Waals surface area contributed by atoms with Gasteiger partial charge in [-0.25, -0.2) is 0 Å². The summed E-state index contributed by atoms with van der Waals surface area (Å²) in [7, 11) is 1.40. The Kier molecular flexibility index (Phi) is 9.64. The number of hydrogen-bond acceptors (Lipinski definition) is 8. The maximum atomic E-state index is 12.9. The van der Waals surface area contributed by atoms with Gasteiger partial charge in [0.05, 0.1) is 19.3 Å². The smallest absolute Gasteiger partial charge is 0.306 e. The molecular formula is C26H26O8. The van der Waals surface area contributed by atoms with E-state index in [1.807, 2.05) is 0 Å². The van der Waals surface area contributed by atoms with E-state index >= 15 is 0 Å². The van der Waals surface area contributed by atoms with Gasteiger partial charge in [-0.3, -0.25) is 14.4 Å². The van der Waals surface area contributed by atoms with Crippen LogP contribution >= 0.6 is 0 Å². The van der Waals surface area contributed by atoms with Gasteiger partial charge in [0.25, 0.3) is 0 Å². The second kappa shape index (κ2) is 12.6. The van der Waals surface area contributed by atoms with Crippen LogP contribution in [-0.4, -0.2) is 47.1 Å². The first-order valence-electron chi connectivity index (χ1n) is 10.4. The fraction of sp³-hybridized carbons (Fsp3) is 0.192. The predicted octanol–water partition coefficient (Wildman–Crippen LogP) is 4.37. The van der Waals surface area contributed by atoms with E-state index < -0.39 is 11.8 Å². The summed E-state index contributed by atoms with van der Waals surface area (Å²) in [4.78, 5) is 35.6. The second-order valence-corrected chi connectivity index (χ2v) is 7.07. The van der Waals surface area contributed by atoms with Crippen molar-refractivity contribution in [1.82, 2.24) is 0 Å². The van der Waals surface area contributed by atoms with E-state index in [-0.39, 0.29) is 53.6 Å². The molecule has 2 aromatic carbocycles. The van der Waals surface area contributed by atoms with Crippen molar-refractivity contribution in [2.45, 2.75) is 19.8 Å². The fourth-order valence-corrected chi connectivity index (χ4v) is 2.95. The Balaban J connectivity index is 2.33. The summed E-state index contributed by atoms with van der Waals surface area (Å²) in [6.45, 7) is 1.86. The maximum Gasteiger partial charge on any atom is 0.306 e. The van der Waals surface area contributed by atoms with E-state index in [4.69, 9.17) is 9.47 Å². The molecule has 178 valence electrons. The zero-order valence-corrected chi connectivity index (χ0v) is 18.9. The highest BCUT2D eigenvalue weighted by atomic mass is 16.5. The Hall–Kier alpha value is -4.33. The number of phenols is 2. The van der Waals surface area contributed by atoms with Gasteiger partial charge < -0.3 is 24.8 Å². The molecule has 8 heteroatoms. The molecule has 0 fully saturated rings. The Morgan fingerprint density at radius 1 is 0.941 bits per heavy atom. The number of esters is 1. The van der Waals surface area contributed by atoms with Crippen LogP contribution in [0.15, 0.2) is 59.9 Å². The van der Waals surface area contributed by atoms with Crippen LogP contribution in [0.1, 0.15) is 41.3 Å². The minimum Gasteiger partial charge on any atom is -0.508 e.